The maximum atomic E-state index is 10.8. The number of piperidine rings is 3. The fourth-order valence-electron chi connectivity index (χ4n) is 3.25. The SMILES string of the molecule is O=[N+]([O-])c1ccc(Cl)c(CNC2CN3CCC2CC3)c1. The average molecular weight is 296 g/mol. The van der Waals surface area contributed by atoms with E-state index in [1.165, 1.54) is 32.0 Å². The van der Waals surface area contributed by atoms with Crippen molar-refractivity contribution in [2.24, 2.45) is 5.92 Å². The van der Waals surface area contributed by atoms with Crippen molar-refractivity contribution in [1.82, 2.24) is 10.2 Å². The molecule has 20 heavy (non-hydrogen) atoms. The summed E-state index contributed by atoms with van der Waals surface area (Å²) in [5, 5.41) is 14.9. The Labute approximate surface area is 123 Å². The van der Waals surface area contributed by atoms with Crippen LogP contribution in [0, 0.1) is 16.0 Å². The molecule has 0 aromatic heterocycles. The van der Waals surface area contributed by atoms with Gasteiger partial charge in [-0.2, -0.15) is 0 Å². The summed E-state index contributed by atoms with van der Waals surface area (Å²) in [7, 11) is 0. The van der Waals surface area contributed by atoms with Crippen LogP contribution in [0.5, 0.6) is 0 Å². The van der Waals surface area contributed by atoms with Gasteiger partial charge in [-0.15, -0.1) is 0 Å². The van der Waals surface area contributed by atoms with E-state index in [9.17, 15) is 10.1 Å². The minimum absolute atomic E-state index is 0.0973. The number of non-ortho nitro benzene ring substituents is 1. The van der Waals surface area contributed by atoms with Gasteiger partial charge in [0.05, 0.1) is 4.92 Å². The Balaban J connectivity index is 1.66. The number of rotatable bonds is 4. The zero-order valence-electron chi connectivity index (χ0n) is 11.2. The average Bonchev–Trinajstić information content (AvgIpc) is 2.47. The van der Waals surface area contributed by atoms with Gasteiger partial charge in [-0.1, -0.05) is 11.6 Å². The van der Waals surface area contributed by atoms with E-state index in [0.717, 1.165) is 18.0 Å². The van der Waals surface area contributed by atoms with E-state index in [1.54, 1.807) is 12.1 Å². The van der Waals surface area contributed by atoms with Crippen molar-refractivity contribution in [3.05, 3.63) is 38.9 Å². The quantitative estimate of drug-likeness (QED) is 0.685. The van der Waals surface area contributed by atoms with Gasteiger partial charge < -0.3 is 10.2 Å². The normalized spacial score (nSPS) is 28.6. The second-order valence-corrected chi connectivity index (χ2v) is 6.07. The molecule has 3 saturated heterocycles. The summed E-state index contributed by atoms with van der Waals surface area (Å²) in [6.45, 7) is 4.09. The summed E-state index contributed by atoms with van der Waals surface area (Å²) in [4.78, 5) is 12.9. The molecule has 2 bridgehead atoms. The predicted molar refractivity (Wildman–Crippen MR) is 77.9 cm³/mol. The first-order chi connectivity index (χ1) is 9.63. The van der Waals surface area contributed by atoms with Gasteiger partial charge in [-0.25, -0.2) is 0 Å². The number of hydrogen-bond acceptors (Lipinski definition) is 4. The first kappa shape index (κ1) is 13.8. The lowest BCUT2D eigenvalue weighted by Gasteiger charge is -2.45. The van der Waals surface area contributed by atoms with Crippen molar-refractivity contribution in [2.75, 3.05) is 19.6 Å². The van der Waals surface area contributed by atoms with Crippen LogP contribution >= 0.6 is 11.6 Å². The van der Waals surface area contributed by atoms with Crippen LogP contribution in [0.4, 0.5) is 5.69 Å². The summed E-state index contributed by atoms with van der Waals surface area (Å²) < 4.78 is 0. The van der Waals surface area contributed by atoms with E-state index < -0.39 is 0 Å². The second-order valence-electron chi connectivity index (χ2n) is 5.66. The number of nitrogens with zero attached hydrogens (tertiary/aromatic N) is 2. The van der Waals surface area contributed by atoms with Crippen LogP contribution in [0.1, 0.15) is 18.4 Å². The van der Waals surface area contributed by atoms with Crippen molar-refractivity contribution < 1.29 is 4.92 Å². The van der Waals surface area contributed by atoms with Gasteiger partial charge in [0.25, 0.3) is 5.69 Å². The maximum absolute atomic E-state index is 10.8. The highest BCUT2D eigenvalue weighted by atomic mass is 35.5. The first-order valence-electron chi connectivity index (χ1n) is 7.02. The molecule has 0 spiro atoms. The van der Waals surface area contributed by atoms with E-state index in [4.69, 9.17) is 11.6 Å². The molecule has 0 radical (unpaired) electrons. The fourth-order valence-corrected chi connectivity index (χ4v) is 3.43. The molecular formula is C14H18ClN3O2. The number of nitro benzene ring substituents is 1. The van der Waals surface area contributed by atoms with Crippen LogP contribution in [0.25, 0.3) is 0 Å². The van der Waals surface area contributed by atoms with Gasteiger partial charge in [0, 0.05) is 36.3 Å². The van der Waals surface area contributed by atoms with Crippen LogP contribution in [0.15, 0.2) is 18.2 Å². The third kappa shape index (κ3) is 2.80. The third-order valence-electron chi connectivity index (χ3n) is 4.45. The van der Waals surface area contributed by atoms with Crippen LogP contribution in [0.3, 0.4) is 0 Å². The molecule has 3 aliphatic rings. The standard InChI is InChI=1S/C14H18ClN3O2/c15-13-2-1-12(18(19)20)7-11(13)8-16-14-9-17-5-3-10(14)4-6-17/h1-2,7,10,14,16H,3-6,8-9H2. The largest absolute Gasteiger partial charge is 0.308 e. The third-order valence-corrected chi connectivity index (χ3v) is 4.82. The second kappa shape index (κ2) is 5.68. The minimum Gasteiger partial charge on any atom is -0.308 e. The Bertz CT molecular complexity index is 515. The molecule has 1 N–H and O–H groups in total. The van der Waals surface area contributed by atoms with Gasteiger partial charge in [0.1, 0.15) is 0 Å². The van der Waals surface area contributed by atoms with Crippen molar-refractivity contribution in [3.63, 3.8) is 0 Å². The van der Waals surface area contributed by atoms with Gasteiger partial charge in [-0.3, -0.25) is 10.1 Å². The first-order valence-corrected chi connectivity index (χ1v) is 7.40. The summed E-state index contributed by atoms with van der Waals surface area (Å²) in [6.07, 6.45) is 2.50. The summed E-state index contributed by atoms with van der Waals surface area (Å²) in [5.41, 5.74) is 0.900. The number of nitro groups is 1. The highest BCUT2D eigenvalue weighted by Gasteiger charge is 2.33. The molecular weight excluding hydrogens is 278 g/mol. The Hall–Kier alpha value is -1.17. The van der Waals surface area contributed by atoms with E-state index in [0.29, 0.717) is 17.6 Å². The lowest BCUT2D eigenvalue weighted by atomic mass is 9.84. The molecule has 5 nitrogen and oxygen atoms in total. The van der Waals surface area contributed by atoms with Crippen LogP contribution < -0.4 is 5.32 Å². The van der Waals surface area contributed by atoms with Gasteiger partial charge >= 0.3 is 0 Å². The molecule has 1 aromatic carbocycles. The van der Waals surface area contributed by atoms with E-state index in [-0.39, 0.29) is 10.6 Å². The Morgan fingerprint density at radius 3 is 2.75 bits per heavy atom. The molecule has 108 valence electrons. The molecule has 3 aliphatic heterocycles. The lowest BCUT2D eigenvalue weighted by Crippen LogP contribution is -2.55. The Kier molecular flexibility index (Phi) is 3.92. The number of nitrogens with one attached hydrogen (secondary N) is 1. The van der Waals surface area contributed by atoms with Crippen molar-refractivity contribution >= 4 is 17.3 Å². The molecule has 1 aromatic rings. The molecule has 0 saturated carbocycles. The zero-order chi connectivity index (χ0) is 14.1. The lowest BCUT2D eigenvalue weighted by molar-refractivity contribution is -0.384. The van der Waals surface area contributed by atoms with Crippen molar-refractivity contribution in [1.29, 1.82) is 0 Å². The van der Waals surface area contributed by atoms with Crippen LogP contribution in [-0.2, 0) is 6.54 Å². The van der Waals surface area contributed by atoms with Gasteiger partial charge in [0.2, 0.25) is 0 Å². The molecule has 4 rings (SSSR count). The summed E-state index contributed by atoms with van der Waals surface area (Å²) >= 11 is 6.12. The monoisotopic (exact) mass is 295 g/mol. The Morgan fingerprint density at radius 2 is 2.15 bits per heavy atom. The van der Waals surface area contributed by atoms with E-state index in [1.807, 2.05) is 0 Å². The number of halogens is 1. The fraction of sp³-hybridized carbons (Fsp3) is 0.571. The summed E-state index contributed by atoms with van der Waals surface area (Å²) in [5.74, 6) is 0.734. The molecule has 6 heteroatoms. The molecule has 3 heterocycles. The van der Waals surface area contributed by atoms with Crippen LogP contribution in [0.2, 0.25) is 5.02 Å². The molecule has 1 atom stereocenters. The van der Waals surface area contributed by atoms with E-state index in [2.05, 4.69) is 10.2 Å². The molecule has 0 amide bonds. The molecule has 0 aliphatic carbocycles. The molecule has 1 unspecified atom stereocenters. The highest BCUT2D eigenvalue weighted by Crippen LogP contribution is 2.28. The molecule has 3 fully saturated rings. The van der Waals surface area contributed by atoms with Crippen LogP contribution in [-0.4, -0.2) is 35.5 Å². The number of fused-ring (bicyclic) bond motifs is 3. The zero-order valence-corrected chi connectivity index (χ0v) is 12.0. The smallest absolute Gasteiger partial charge is 0.269 e. The highest BCUT2D eigenvalue weighted by molar-refractivity contribution is 6.31. The topological polar surface area (TPSA) is 58.4 Å². The maximum Gasteiger partial charge on any atom is 0.269 e. The Morgan fingerprint density at radius 1 is 1.40 bits per heavy atom. The van der Waals surface area contributed by atoms with Gasteiger partial charge in [0.15, 0.2) is 0 Å². The number of benzene rings is 1. The van der Waals surface area contributed by atoms with Gasteiger partial charge in [-0.05, 0) is 43.5 Å². The predicted octanol–water partition coefficient (Wildman–Crippen LogP) is 2.43. The van der Waals surface area contributed by atoms with E-state index >= 15 is 0 Å². The number of hydrogen-bond donors (Lipinski definition) is 1. The van der Waals surface area contributed by atoms with Crippen molar-refractivity contribution in [3.8, 4) is 0 Å². The van der Waals surface area contributed by atoms with Crippen molar-refractivity contribution in [2.45, 2.75) is 25.4 Å². The summed E-state index contributed by atoms with van der Waals surface area (Å²) in [6, 6.07) is 5.09. The minimum atomic E-state index is -0.381.